The van der Waals surface area contributed by atoms with E-state index >= 15 is 0 Å². The number of benzene rings is 2. The van der Waals surface area contributed by atoms with Crippen molar-refractivity contribution in [1.29, 1.82) is 0 Å². The number of halogens is 1. The molecule has 2 amide bonds. The lowest BCUT2D eigenvalue weighted by Crippen LogP contribution is -2.34. The SMILES string of the molecule is CC(C)(C)c1ccc(N2C(=O)C(C)(C)c3ccc(-c4cnn(C5CCCCO5)c4)cc32)c(C(N)=O)c1Cl. The maximum atomic E-state index is 13.8. The Hall–Kier alpha value is -3.16. The number of amides is 2. The van der Waals surface area contributed by atoms with Gasteiger partial charge in [-0.15, -0.1) is 0 Å². The molecule has 0 radical (unpaired) electrons. The molecule has 1 unspecified atom stereocenters. The van der Waals surface area contributed by atoms with Crippen LogP contribution >= 0.6 is 11.6 Å². The lowest BCUT2D eigenvalue weighted by atomic mass is 9.85. The molecular weight excluding hydrogens is 488 g/mol. The number of carbonyl (C=O) groups is 2. The molecular formula is C29H33ClN4O3. The van der Waals surface area contributed by atoms with Crippen LogP contribution in [0.2, 0.25) is 5.02 Å². The molecule has 1 fully saturated rings. The van der Waals surface area contributed by atoms with Crippen LogP contribution in [0.5, 0.6) is 0 Å². The molecule has 2 N–H and O–H groups in total. The van der Waals surface area contributed by atoms with E-state index < -0.39 is 11.3 Å². The first-order valence-electron chi connectivity index (χ1n) is 12.7. The quantitative estimate of drug-likeness (QED) is 0.440. The minimum absolute atomic E-state index is 0.0597. The summed E-state index contributed by atoms with van der Waals surface area (Å²) in [6.45, 7) is 10.6. The minimum atomic E-state index is -0.794. The Morgan fingerprint density at radius 1 is 1.14 bits per heavy atom. The fourth-order valence-corrected chi connectivity index (χ4v) is 5.85. The van der Waals surface area contributed by atoms with Gasteiger partial charge in [0.25, 0.3) is 5.91 Å². The summed E-state index contributed by atoms with van der Waals surface area (Å²) < 4.78 is 7.74. The van der Waals surface area contributed by atoms with Crippen LogP contribution in [0.1, 0.15) is 81.6 Å². The van der Waals surface area contributed by atoms with E-state index in [9.17, 15) is 9.59 Å². The second-order valence-corrected chi connectivity index (χ2v) is 11.8. The molecule has 5 rings (SSSR count). The summed E-state index contributed by atoms with van der Waals surface area (Å²) in [6, 6.07) is 9.61. The van der Waals surface area contributed by atoms with Crippen molar-refractivity contribution < 1.29 is 14.3 Å². The van der Waals surface area contributed by atoms with Gasteiger partial charge in [0.2, 0.25) is 5.91 Å². The van der Waals surface area contributed by atoms with Gasteiger partial charge in [0, 0.05) is 18.4 Å². The number of nitrogens with two attached hydrogens (primary N) is 1. The molecule has 3 heterocycles. The fourth-order valence-electron chi connectivity index (χ4n) is 5.31. The van der Waals surface area contributed by atoms with E-state index in [1.54, 1.807) is 11.0 Å². The summed E-state index contributed by atoms with van der Waals surface area (Å²) >= 11 is 6.76. The summed E-state index contributed by atoms with van der Waals surface area (Å²) in [6.07, 6.45) is 6.86. The predicted octanol–water partition coefficient (Wildman–Crippen LogP) is 6.25. The van der Waals surface area contributed by atoms with Crippen molar-refractivity contribution in [3.63, 3.8) is 0 Å². The second-order valence-electron chi connectivity index (χ2n) is 11.5. The summed E-state index contributed by atoms with van der Waals surface area (Å²) in [7, 11) is 0. The number of aromatic nitrogens is 2. The lowest BCUT2D eigenvalue weighted by Gasteiger charge is -2.27. The van der Waals surface area contributed by atoms with Crippen molar-refractivity contribution in [2.45, 2.75) is 70.9 Å². The molecule has 0 spiro atoms. The van der Waals surface area contributed by atoms with Crippen molar-refractivity contribution in [3.05, 3.63) is 64.4 Å². The van der Waals surface area contributed by atoms with Crippen molar-refractivity contribution in [3.8, 4) is 11.1 Å². The molecule has 2 aromatic carbocycles. The van der Waals surface area contributed by atoms with E-state index in [1.807, 2.05) is 76.0 Å². The maximum absolute atomic E-state index is 13.8. The number of nitrogens with zero attached hydrogens (tertiary/aromatic N) is 3. The molecule has 2 aliphatic heterocycles. The van der Waals surface area contributed by atoms with E-state index in [0.29, 0.717) is 11.4 Å². The fraction of sp³-hybridized carbons (Fsp3) is 0.414. The highest BCUT2D eigenvalue weighted by Gasteiger charge is 2.46. The summed E-state index contributed by atoms with van der Waals surface area (Å²) in [5.74, 6) is -0.817. The van der Waals surface area contributed by atoms with Gasteiger partial charge in [0.05, 0.1) is 33.6 Å². The molecule has 194 valence electrons. The molecule has 8 heteroatoms. The Labute approximate surface area is 222 Å². The third-order valence-electron chi connectivity index (χ3n) is 7.45. The zero-order chi connectivity index (χ0) is 26.7. The Bertz CT molecular complexity index is 1400. The minimum Gasteiger partial charge on any atom is -0.365 e. The zero-order valence-corrected chi connectivity index (χ0v) is 22.7. The van der Waals surface area contributed by atoms with Crippen LogP contribution in [0.3, 0.4) is 0 Å². The Kier molecular flexibility index (Phi) is 6.20. The number of rotatable bonds is 4. The molecule has 7 nitrogen and oxygen atoms in total. The molecule has 3 aromatic rings. The van der Waals surface area contributed by atoms with E-state index in [2.05, 4.69) is 5.10 Å². The van der Waals surface area contributed by atoms with E-state index in [0.717, 1.165) is 48.1 Å². The Morgan fingerprint density at radius 2 is 1.89 bits per heavy atom. The number of hydrogen-bond acceptors (Lipinski definition) is 4. The van der Waals surface area contributed by atoms with Crippen LogP contribution in [0, 0.1) is 0 Å². The average molecular weight is 521 g/mol. The number of carbonyl (C=O) groups excluding carboxylic acids is 2. The van der Waals surface area contributed by atoms with Crippen LogP contribution in [0.25, 0.3) is 11.1 Å². The number of ether oxygens (including phenoxy) is 1. The van der Waals surface area contributed by atoms with Gasteiger partial charge < -0.3 is 10.5 Å². The third-order valence-corrected chi connectivity index (χ3v) is 7.84. The van der Waals surface area contributed by atoms with Gasteiger partial charge >= 0.3 is 0 Å². The maximum Gasteiger partial charge on any atom is 0.252 e. The van der Waals surface area contributed by atoms with Crippen molar-refractivity contribution >= 4 is 34.8 Å². The van der Waals surface area contributed by atoms with Crippen LogP contribution < -0.4 is 10.6 Å². The molecule has 2 aliphatic rings. The van der Waals surface area contributed by atoms with Gasteiger partial charge in [0.15, 0.2) is 0 Å². The van der Waals surface area contributed by atoms with Crippen molar-refractivity contribution in [1.82, 2.24) is 9.78 Å². The monoisotopic (exact) mass is 520 g/mol. The van der Waals surface area contributed by atoms with Crippen LogP contribution in [0.15, 0.2) is 42.7 Å². The first-order chi connectivity index (χ1) is 17.4. The topological polar surface area (TPSA) is 90.4 Å². The normalized spacial score (nSPS) is 19.2. The molecule has 37 heavy (non-hydrogen) atoms. The van der Waals surface area contributed by atoms with Crippen molar-refractivity contribution in [2.24, 2.45) is 5.73 Å². The number of anilines is 2. The van der Waals surface area contributed by atoms with Crippen LogP contribution in [-0.4, -0.2) is 28.2 Å². The van der Waals surface area contributed by atoms with Crippen molar-refractivity contribution in [2.75, 3.05) is 11.5 Å². The van der Waals surface area contributed by atoms with E-state index in [-0.39, 0.29) is 28.1 Å². The number of fused-ring (bicyclic) bond motifs is 1. The van der Waals surface area contributed by atoms with Gasteiger partial charge in [-0.1, -0.05) is 50.6 Å². The molecule has 1 atom stereocenters. The third kappa shape index (κ3) is 4.24. The Morgan fingerprint density at radius 3 is 2.54 bits per heavy atom. The molecule has 0 saturated carbocycles. The van der Waals surface area contributed by atoms with Gasteiger partial charge in [0.1, 0.15) is 6.23 Å². The molecule has 0 aliphatic carbocycles. The second kappa shape index (κ2) is 8.99. The summed E-state index contributed by atoms with van der Waals surface area (Å²) in [5, 5.41) is 4.82. The zero-order valence-electron chi connectivity index (χ0n) is 22.0. The van der Waals surface area contributed by atoms with E-state index in [4.69, 9.17) is 22.1 Å². The molecule has 0 bridgehead atoms. The van der Waals surface area contributed by atoms with Gasteiger partial charge in [-0.05, 0) is 67.3 Å². The first-order valence-corrected chi connectivity index (χ1v) is 13.1. The molecule has 1 saturated heterocycles. The average Bonchev–Trinajstić information content (AvgIpc) is 3.40. The smallest absolute Gasteiger partial charge is 0.252 e. The Balaban J connectivity index is 1.63. The highest BCUT2D eigenvalue weighted by Crippen LogP contribution is 2.49. The van der Waals surface area contributed by atoms with Crippen LogP contribution in [-0.2, 0) is 20.4 Å². The lowest BCUT2D eigenvalue weighted by molar-refractivity contribution is -0.121. The summed E-state index contributed by atoms with van der Waals surface area (Å²) in [4.78, 5) is 28.1. The highest BCUT2D eigenvalue weighted by molar-refractivity contribution is 6.36. The highest BCUT2D eigenvalue weighted by atomic mass is 35.5. The number of primary amides is 1. The first kappa shape index (κ1) is 25.5. The van der Waals surface area contributed by atoms with E-state index in [1.165, 1.54) is 0 Å². The van der Waals surface area contributed by atoms with Gasteiger partial charge in [-0.25, -0.2) is 4.68 Å². The number of hydrogen-bond donors (Lipinski definition) is 1. The predicted molar refractivity (Wildman–Crippen MR) is 145 cm³/mol. The van der Waals surface area contributed by atoms with Gasteiger partial charge in [-0.2, -0.15) is 5.10 Å². The standard InChI is InChI=1S/C29H33ClN4O3/c1-28(2,3)20-11-12-21(24(25(20)30)26(31)35)34-22-14-17(9-10-19(22)29(4,5)27(34)36)18-15-32-33(16-18)23-8-6-7-13-37-23/h9-12,14-16,23H,6-8,13H2,1-5H3,(H2,31,35). The largest absolute Gasteiger partial charge is 0.365 e. The summed E-state index contributed by atoms with van der Waals surface area (Å²) in [5.41, 5.74) is 9.49. The van der Waals surface area contributed by atoms with Crippen LogP contribution in [0.4, 0.5) is 11.4 Å². The van der Waals surface area contributed by atoms with Gasteiger partial charge in [-0.3, -0.25) is 14.5 Å². The molecule has 1 aromatic heterocycles.